The molecule has 1 aliphatic heterocycles. The van der Waals surface area contributed by atoms with Gasteiger partial charge in [-0.2, -0.15) is 8.78 Å². The van der Waals surface area contributed by atoms with Gasteiger partial charge in [0, 0.05) is 26.1 Å². The molecule has 1 aromatic rings. The number of halogens is 2. The number of amides is 2. The first-order chi connectivity index (χ1) is 13.5. The van der Waals surface area contributed by atoms with E-state index in [1.165, 1.54) is 18.6 Å². The molecule has 1 unspecified atom stereocenters. The molecule has 2 fully saturated rings. The van der Waals surface area contributed by atoms with E-state index in [1.807, 2.05) is 0 Å². The summed E-state index contributed by atoms with van der Waals surface area (Å²) in [6.45, 7) is -1.85. The lowest BCUT2D eigenvalue weighted by Gasteiger charge is -2.32. The third kappa shape index (κ3) is 5.00. The molecule has 1 heterocycles. The van der Waals surface area contributed by atoms with Crippen LogP contribution >= 0.6 is 0 Å². The van der Waals surface area contributed by atoms with E-state index in [9.17, 15) is 18.4 Å². The van der Waals surface area contributed by atoms with Gasteiger partial charge in [0.05, 0.1) is 0 Å². The predicted molar refractivity (Wildman–Crippen MR) is 101 cm³/mol. The van der Waals surface area contributed by atoms with Crippen LogP contribution in [0.1, 0.15) is 50.5 Å². The molecule has 3 rings (SSSR count). The maximum atomic E-state index is 13.0. The molecular formula is C21H28F2N2O3. The van der Waals surface area contributed by atoms with Gasteiger partial charge in [0.1, 0.15) is 11.8 Å². The molecular weight excluding hydrogens is 366 g/mol. The lowest BCUT2D eigenvalue weighted by molar-refractivity contribution is -0.146. The fourth-order valence-electron chi connectivity index (χ4n) is 4.25. The summed E-state index contributed by atoms with van der Waals surface area (Å²) >= 11 is 0. The van der Waals surface area contributed by atoms with Crippen LogP contribution in [0.2, 0.25) is 0 Å². The maximum absolute atomic E-state index is 13.0. The molecule has 1 aliphatic carbocycles. The van der Waals surface area contributed by atoms with E-state index in [0.29, 0.717) is 19.5 Å². The van der Waals surface area contributed by atoms with Gasteiger partial charge in [-0.25, -0.2) is 0 Å². The highest BCUT2D eigenvalue weighted by Gasteiger charge is 2.38. The SMILES string of the molecule is CN(Cc1ccc(OC(F)F)cc1)C(=O)C1CCCN1C(=O)C1CCCCC1. The molecule has 1 aromatic carbocycles. The van der Waals surface area contributed by atoms with Gasteiger partial charge in [-0.05, 0) is 43.4 Å². The quantitative estimate of drug-likeness (QED) is 0.737. The lowest BCUT2D eigenvalue weighted by atomic mass is 9.88. The van der Waals surface area contributed by atoms with Gasteiger partial charge in [0.25, 0.3) is 0 Å². The molecule has 0 aromatic heterocycles. The Kier molecular flexibility index (Phi) is 6.86. The molecule has 1 atom stereocenters. The Labute approximate surface area is 164 Å². The van der Waals surface area contributed by atoms with Crippen LogP contribution in [0.15, 0.2) is 24.3 Å². The summed E-state index contributed by atoms with van der Waals surface area (Å²) in [5, 5.41) is 0. The highest BCUT2D eigenvalue weighted by molar-refractivity contribution is 5.89. The van der Waals surface area contributed by atoms with Crippen molar-refractivity contribution in [1.29, 1.82) is 0 Å². The molecule has 0 bridgehead atoms. The van der Waals surface area contributed by atoms with E-state index in [-0.39, 0.29) is 29.5 Å². The molecule has 154 valence electrons. The number of hydrogen-bond donors (Lipinski definition) is 0. The minimum absolute atomic E-state index is 0.0606. The summed E-state index contributed by atoms with van der Waals surface area (Å²) in [5.74, 6) is 0.231. The van der Waals surface area contributed by atoms with Gasteiger partial charge < -0.3 is 14.5 Å². The Bertz CT molecular complexity index is 675. The zero-order valence-corrected chi connectivity index (χ0v) is 16.3. The Morgan fingerprint density at radius 1 is 1.11 bits per heavy atom. The number of benzene rings is 1. The second kappa shape index (κ2) is 9.34. The summed E-state index contributed by atoms with van der Waals surface area (Å²) in [6, 6.07) is 5.88. The maximum Gasteiger partial charge on any atom is 0.387 e. The number of rotatable bonds is 6. The number of likely N-dealkylation sites (tertiary alicyclic amines) is 1. The predicted octanol–water partition coefficient (Wildman–Crippen LogP) is 3.82. The number of nitrogens with zero attached hydrogens (tertiary/aromatic N) is 2. The number of likely N-dealkylation sites (N-methyl/N-ethyl adjacent to an activating group) is 1. The van der Waals surface area contributed by atoms with Crippen LogP contribution < -0.4 is 4.74 Å². The van der Waals surface area contributed by atoms with Gasteiger partial charge in [0.15, 0.2) is 0 Å². The summed E-state index contributed by atoms with van der Waals surface area (Å²) in [4.78, 5) is 29.3. The fraction of sp³-hybridized carbons (Fsp3) is 0.619. The molecule has 0 radical (unpaired) electrons. The van der Waals surface area contributed by atoms with Crippen molar-refractivity contribution < 1.29 is 23.1 Å². The first-order valence-corrected chi connectivity index (χ1v) is 10.0. The van der Waals surface area contributed by atoms with E-state index < -0.39 is 6.61 Å². The van der Waals surface area contributed by atoms with Gasteiger partial charge in [-0.15, -0.1) is 0 Å². The van der Waals surface area contributed by atoms with Gasteiger partial charge >= 0.3 is 6.61 Å². The van der Waals surface area contributed by atoms with Crippen LogP contribution in [-0.2, 0) is 16.1 Å². The number of ether oxygens (including phenoxy) is 1. The minimum Gasteiger partial charge on any atom is -0.435 e. The van der Waals surface area contributed by atoms with Gasteiger partial charge in [0.2, 0.25) is 11.8 Å². The van der Waals surface area contributed by atoms with Crippen LogP contribution in [0.5, 0.6) is 5.75 Å². The van der Waals surface area contributed by atoms with Crippen LogP contribution in [0, 0.1) is 5.92 Å². The highest BCUT2D eigenvalue weighted by atomic mass is 19.3. The normalized spacial score (nSPS) is 20.4. The second-order valence-corrected chi connectivity index (χ2v) is 7.74. The summed E-state index contributed by atoms with van der Waals surface area (Å²) in [6.07, 6.45) is 6.78. The molecule has 1 saturated carbocycles. The third-order valence-corrected chi connectivity index (χ3v) is 5.72. The zero-order valence-electron chi connectivity index (χ0n) is 16.3. The molecule has 7 heteroatoms. The monoisotopic (exact) mass is 394 g/mol. The van der Waals surface area contributed by atoms with E-state index >= 15 is 0 Å². The molecule has 0 N–H and O–H groups in total. The van der Waals surface area contributed by atoms with Crippen LogP contribution in [0.25, 0.3) is 0 Å². The molecule has 28 heavy (non-hydrogen) atoms. The first-order valence-electron chi connectivity index (χ1n) is 10.0. The van der Waals surface area contributed by atoms with Gasteiger partial charge in [-0.1, -0.05) is 31.4 Å². The van der Waals surface area contributed by atoms with Crippen molar-refractivity contribution in [1.82, 2.24) is 9.80 Å². The van der Waals surface area contributed by atoms with Crippen molar-refractivity contribution in [3.05, 3.63) is 29.8 Å². The van der Waals surface area contributed by atoms with E-state index in [4.69, 9.17) is 0 Å². The smallest absolute Gasteiger partial charge is 0.387 e. The van der Waals surface area contributed by atoms with Crippen molar-refractivity contribution in [2.45, 2.75) is 64.1 Å². The van der Waals surface area contributed by atoms with Crippen molar-refractivity contribution >= 4 is 11.8 Å². The third-order valence-electron chi connectivity index (χ3n) is 5.72. The Morgan fingerprint density at radius 2 is 1.79 bits per heavy atom. The summed E-state index contributed by atoms with van der Waals surface area (Å²) in [5.41, 5.74) is 0.820. The summed E-state index contributed by atoms with van der Waals surface area (Å²) < 4.78 is 28.8. The zero-order chi connectivity index (χ0) is 20.1. The van der Waals surface area contributed by atoms with Crippen molar-refractivity contribution in [3.8, 4) is 5.75 Å². The molecule has 2 aliphatic rings. The fourth-order valence-corrected chi connectivity index (χ4v) is 4.25. The Morgan fingerprint density at radius 3 is 2.43 bits per heavy atom. The Hall–Kier alpha value is -2.18. The summed E-state index contributed by atoms with van der Waals surface area (Å²) in [7, 11) is 1.72. The average Bonchev–Trinajstić information content (AvgIpc) is 3.18. The standard InChI is InChI=1S/C21H28F2N2O3/c1-24(14-15-9-11-17(12-10-15)28-21(22)23)20(27)18-8-5-13-25(18)19(26)16-6-3-2-4-7-16/h9-12,16,18,21H,2-8,13-14H2,1H3. The van der Waals surface area contributed by atoms with Gasteiger partial charge in [-0.3, -0.25) is 9.59 Å². The number of alkyl halides is 2. The first kappa shape index (κ1) is 20.6. The number of hydrogen-bond acceptors (Lipinski definition) is 3. The molecule has 5 nitrogen and oxygen atoms in total. The number of carbonyl (C=O) groups is 2. The highest BCUT2D eigenvalue weighted by Crippen LogP contribution is 2.29. The average molecular weight is 394 g/mol. The van der Waals surface area contributed by atoms with Crippen LogP contribution in [0.4, 0.5) is 8.78 Å². The van der Waals surface area contributed by atoms with Crippen molar-refractivity contribution in [3.63, 3.8) is 0 Å². The van der Waals surface area contributed by atoms with Crippen molar-refractivity contribution in [2.24, 2.45) is 5.92 Å². The van der Waals surface area contributed by atoms with E-state index in [0.717, 1.165) is 37.7 Å². The minimum atomic E-state index is -2.86. The van der Waals surface area contributed by atoms with Crippen LogP contribution in [0.3, 0.4) is 0 Å². The van der Waals surface area contributed by atoms with E-state index in [1.54, 1.807) is 29.0 Å². The molecule has 2 amide bonds. The topological polar surface area (TPSA) is 49.9 Å². The number of carbonyl (C=O) groups excluding carboxylic acids is 2. The van der Waals surface area contributed by atoms with Crippen LogP contribution in [-0.4, -0.2) is 47.9 Å². The lowest BCUT2D eigenvalue weighted by Crippen LogP contribution is -2.48. The molecule has 1 saturated heterocycles. The second-order valence-electron chi connectivity index (χ2n) is 7.74. The largest absolute Gasteiger partial charge is 0.435 e. The Balaban J connectivity index is 1.59. The van der Waals surface area contributed by atoms with Crippen molar-refractivity contribution in [2.75, 3.05) is 13.6 Å². The van der Waals surface area contributed by atoms with E-state index in [2.05, 4.69) is 4.74 Å². The molecule has 0 spiro atoms.